The van der Waals surface area contributed by atoms with Crippen molar-refractivity contribution in [1.82, 2.24) is 25.0 Å². The normalized spacial score (nSPS) is 10.8. The third kappa shape index (κ3) is 2.73. The summed E-state index contributed by atoms with van der Waals surface area (Å²) in [5, 5.41) is 8.34. The average Bonchev–Trinajstić information content (AvgIpc) is 2.95. The third-order valence-electron chi connectivity index (χ3n) is 3.35. The Kier molecular flexibility index (Phi) is 3.69. The molecule has 0 atom stereocenters. The quantitative estimate of drug-likeness (QED) is 0.755. The maximum Gasteiger partial charge on any atom is 0.222 e. The Morgan fingerprint density at radius 1 is 1.09 bits per heavy atom. The zero-order valence-electron chi connectivity index (χ0n) is 12.3. The summed E-state index contributed by atoms with van der Waals surface area (Å²) in [7, 11) is 0. The molecule has 22 heavy (non-hydrogen) atoms. The first-order chi connectivity index (χ1) is 10.7. The predicted molar refractivity (Wildman–Crippen MR) is 84.8 cm³/mol. The zero-order chi connectivity index (χ0) is 15.5. The first-order valence-corrected chi connectivity index (χ1v) is 7.03. The molecule has 0 saturated heterocycles. The van der Waals surface area contributed by atoms with Crippen molar-refractivity contribution in [3.8, 4) is 11.3 Å². The molecule has 2 heterocycles. The molecular weight excluding hydrogens is 278 g/mol. The van der Waals surface area contributed by atoms with Gasteiger partial charge in [-0.25, -0.2) is 9.67 Å². The van der Waals surface area contributed by atoms with Crippen LogP contribution in [-0.4, -0.2) is 25.0 Å². The van der Waals surface area contributed by atoms with Gasteiger partial charge in [0.25, 0.3) is 0 Å². The van der Waals surface area contributed by atoms with E-state index >= 15 is 0 Å². The van der Waals surface area contributed by atoms with E-state index in [4.69, 9.17) is 11.5 Å². The SMILES string of the molecule is CCc1nc(N)nc(N)c1-c1cn(Cc2ccccc2)nn1. The number of hydrogen-bond donors (Lipinski definition) is 2. The van der Waals surface area contributed by atoms with Gasteiger partial charge < -0.3 is 11.5 Å². The van der Waals surface area contributed by atoms with Crippen molar-refractivity contribution in [2.45, 2.75) is 19.9 Å². The number of nitrogens with two attached hydrogens (primary N) is 2. The molecule has 0 saturated carbocycles. The highest BCUT2D eigenvalue weighted by Gasteiger charge is 2.15. The van der Waals surface area contributed by atoms with Gasteiger partial charge in [0.05, 0.1) is 24.0 Å². The molecule has 0 aliphatic heterocycles. The second-order valence-corrected chi connectivity index (χ2v) is 4.93. The molecule has 0 bridgehead atoms. The van der Waals surface area contributed by atoms with E-state index in [0.717, 1.165) is 11.3 Å². The first-order valence-electron chi connectivity index (χ1n) is 7.03. The van der Waals surface area contributed by atoms with Crippen LogP contribution in [0.15, 0.2) is 36.5 Å². The molecule has 4 N–H and O–H groups in total. The topological polar surface area (TPSA) is 109 Å². The Morgan fingerprint density at radius 2 is 1.86 bits per heavy atom. The van der Waals surface area contributed by atoms with Gasteiger partial charge in [0.2, 0.25) is 5.95 Å². The van der Waals surface area contributed by atoms with Crippen LogP contribution in [0.5, 0.6) is 0 Å². The second-order valence-electron chi connectivity index (χ2n) is 4.93. The summed E-state index contributed by atoms with van der Waals surface area (Å²) in [5.74, 6) is 0.505. The van der Waals surface area contributed by atoms with E-state index in [1.807, 2.05) is 43.5 Å². The summed E-state index contributed by atoms with van der Waals surface area (Å²) in [6.45, 7) is 2.63. The van der Waals surface area contributed by atoms with Gasteiger partial charge in [0.15, 0.2) is 0 Å². The molecule has 0 unspecified atom stereocenters. The summed E-state index contributed by atoms with van der Waals surface area (Å²) in [5.41, 5.74) is 14.9. The molecule has 0 spiro atoms. The molecule has 7 nitrogen and oxygen atoms in total. The number of nitrogens with zero attached hydrogens (tertiary/aromatic N) is 5. The number of hydrogen-bond acceptors (Lipinski definition) is 6. The highest BCUT2D eigenvalue weighted by molar-refractivity contribution is 5.73. The van der Waals surface area contributed by atoms with Crippen LogP contribution in [0.3, 0.4) is 0 Å². The molecule has 112 valence electrons. The zero-order valence-corrected chi connectivity index (χ0v) is 12.3. The van der Waals surface area contributed by atoms with Crippen LogP contribution in [0, 0.1) is 0 Å². The van der Waals surface area contributed by atoms with Gasteiger partial charge >= 0.3 is 0 Å². The Labute approximate surface area is 128 Å². The molecule has 0 amide bonds. The summed E-state index contributed by atoms with van der Waals surface area (Å²) >= 11 is 0. The van der Waals surface area contributed by atoms with Crippen molar-refractivity contribution in [3.05, 3.63) is 47.8 Å². The molecule has 0 fully saturated rings. The van der Waals surface area contributed by atoms with Crippen LogP contribution in [-0.2, 0) is 13.0 Å². The standard InChI is InChI=1S/C15H17N7/c1-2-11-13(14(16)19-15(17)18-11)12-9-22(21-20-12)8-10-6-4-3-5-7-10/h3-7,9H,2,8H2,1H3,(H4,16,17,18,19). The highest BCUT2D eigenvalue weighted by atomic mass is 15.4. The highest BCUT2D eigenvalue weighted by Crippen LogP contribution is 2.26. The molecule has 3 rings (SSSR count). The maximum atomic E-state index is 5.98. The van der Waals surface area contributed by atoms with Crippen molar-refractivity contribution in [3.63, 3.8) is 0 Å². The van der Waals surface area contributed by atoms with E-state index in [1.165, 1.54) is 0 Å². The van der Waals surface area contributed by atoms with E-state index in [9.17, 15) is 0 Å². The van der Waals surface area contributed by atoms with Crippen LogP contribution in [0.2, 0.25) is 0 Å². The molecule has 1 aromatic carbocycles. The van der Waals surface area contributed by atoms with Crippen LogP contribution < -0.4 is 11.5 Å². The minimum atomic E-state index is 0.176. The Bertz CT molecular complexity index is 780. The third-order valence-corrected chi connectivity index (χ3v) is 3.35. The van der Waals surface area contributed by atoms with E-state index in [2.05, 4.69) is 20.3 Å². The monoisotopic (exact) mass is 295 g/mol. The van der Waals surface area contributed by atoms with Crippen molar-refractivity contribution in [2.75, 3.05) is 11.5 Å². The number of aryl methyl sites for hydroxylation is 1. The lowest BCUT2D eigenvalue weighted by Crippen LogP contribution is -2.06. The molecule has 0 radical (unpaired) electrons. The van der Waals surface area contributed by atoms with Gasteiger partial charge in [-0.1, -0.05) is 42.5 Å². The van der Waals surface area contributed by atoms with E-state index < -0.39 is 0 Å². The summed E-state index contributed by atoms with van der Waals surface area (Å²) < 4.78 is 1.76. The van der Waals surface area contributed by atoms with Gasteiger partial charge in [-0.2, -0.15) is 4.98 Å². The van der Waals surface area contributed by atoms with Crippen molar-refractivity contribution < 1.29 is 0 Å². The number of rotatable bonds is 4. The van der Waals surface area contributed by atoms with Crippen LogP contribution in [0.4, 0.5) is 11.8 Å². The van der Waals surface area contributed by atoms with Gasteiger partial charge in [0, 0.05) is 0 Å². The summed E-state index contributed by atoms with van der Waals surface area (Å²) in [6.07, 6.45) is 2.54. The molecule has 3 aromatic rings. The molecule has 0 aliphatic carbocycles. The van der Waals surface area contributed by atoms with Gasteiger partial charge in [-0.05, 0) is 12.0 Å². The average molecular weight is 295 g/mol. The number of aromatic nitrogens is 5. The fourth-order valence-electron chi connectivity index (χ4n) is 2.34. The fraction of sp³-hybridized carbons (Fsp3) is 0.200. The largest absolute Gasteiger partial charge is 0.383 e. The number of benzene rings is 1. The van der Waals surface area contributed by atoms with E-state index in [1.54, 1.807) is 4.68 Å². The lowest BCUT2D eigenvalue weighted by atomic mass is 10.1. The molecule has 0 aliphatic rings. The van der Waals surface area contributed by atoms with Gasteiger partial charge in [0.1, 0.15) is 11.5 Å². The number of nitrogen functional groups attached to an aromatic ring is 2. The lowest BCUT2D eigenvalue weighted by Gasteiger charge is -2.07. The Balaban J connectivity index is 1.94. The molecule has 7 heteroatoms. The molecular formula is C15H17N7. The van der Waals surface area contributed by atoms with Crippen molar-refractivity contribution in [2.24, 2.45) is 0 Å². The Hall–Kier alpha value is -2.96. The van der Waals surface area contributed by atoms with Crippen LogP contribution >= 0.6 is 0 Å². The Morgan fingerprint density at radius 3 is 2.59 bits per heavy atom. The first kappa shape index (κ1) is 14.0. The minimum Gasteiger partial charge on any atom is -0.383 e. The van der Waals surface area contributed by atoms with Gasteiger partial charge in [-0.15, -0.1) is 5.10 Å². The van der Waals surface area contributed by atoms with Crippen LogP contribution in [0.1, 0.15) is 18.2 Å². The van der Waals surface area contributed by atoms with E-state index in [0.29, 0.717) is 30.0 Å². The summed E-state index contributed by atoms with van der Waals surface area (Å²) in [4.78, 5) is 8.25. The van der Waals surface area contributed by atoms with Crippen molar-refractivity contribution >= 4 is 11.8 Å². The lowest BCUT2D eigenvalue weighted by molar-refractivity contribution is 0.650. The van der Waals surface area contributed by atoms with Gasteiger partial charge in [-0.3, -0.25) is 0 Å². The fourth-order valence-corrected chi connectivity index (χ4v) is 2.34. The summed E-state index contributed by atoms with van der Waals surface area (Å²) in [6, 6.07) is 10.1. The van der Waals surface area contributed by atoms with Crippen LogP contribution in [0.25, 0.3) is 11.3 Å². The van der Waals surface area contributed by atoms with Crippen molar-refractivity contribution in [1.29, 1.82) is 0 Å². The minimum absolute atomic E-state index is 0.176. The molecule has 2 aromatic heterocycles. The smallest absolute Gasteiger partial charge is 0.222 e. The second kappa shape index (κ2) is 5.80. The predicted octanol–water partition coefficient (Wildman–Crippen LogP) is 1.51. The number of anilines is 2. The van der Waals surface area contributed by atoms with E-state index in [-0.39, 0.29) is 5.95 Å². The maximum absolute atomic E-state index is 5.98.